The molecule has 1 N–H and O–H groups in total. The van der Waals surface area contributed by atoms with Gasteiger partial charge in [0.1, 0.15) is 23.8 Å². The number of nitrogens with one attached hydrogen (secondary N) is 1. The highest BCUT2D eigenvalue weighted by Gasteiger charge is 2.17. The number of halogens is 2. The molecule has 0 atom stereocenters. The van der Waals surface area contributed by atoms with Gasteiger partial charge in [0.05, 0.1) is 24.3 Å². The fourth-order valence-corrected chi connectivity index (χ4v) is 3.02. The average Bonchev–Trinajstić information content (AvgIpc) is 2.68. The molecule has 1 aliphatic heterocycles. The SMILES string of the molecule is O=C(Nc1ccc2c(N3CCOCC3)ncnc2c1)c1ccc(F)cc1F. The summed E-state index contributed by atoms with van der Waals surface area (Å²) in [6.07, 6.45) is 1.47. The van der Waals surface area contributed by atoms with Gasteiger partial charge < -0.3 is 15.0 Å². The number of carbonyl (C=O) groups is 1. The van der Waals surface area contributed by atoms with E-state index in [1.165, 1.54) is 6.33 Å². The number of benzene rings is 2. The molecule has 1 aliphatic rings. The van der Waals surface area contributed by atoms with Gasteiger partial charge in [0, 0.05) is 30.2 Å². The van der Waals surface area contributed by atoms with E-state index in [-0.39, 0.29) is 5.56 Å². The predicted octanol–water partition coefficient (Wildman–Crippen LogP) is 3.00. The van der Waals surface area contributed by atoms with Crippen LogP contribution in [-0.4, -0.2) is 42.2 Å². The molecule has 6 nitrogen and oxygen atoms in total. The number of fused-ring (bicyclic) bond motifs is 1. The molecule has 0 bridgehead atoms. The maximum absolute atomic E-state index is 13.8. The van der Waals surface area contributed by atoms with E-state index < -0.39 is 17.5 Å². The minimum absolute atomic E-state index is 0.229. The Hall–Kier alpha value is -3.13. The number of hydrogen-bond acceptors (Lipinski definition) is 5. The number of hydrogen-bond donors (Lipinski definition) is 1. The molecule has 3 aromatic rings. The van der Waals surface area contributed by atoms with Crippen LogP contribution >= 0.6 is 0 Å². The highest BCUT2D eigenvalue weighted by molar-refractivity contribution is 6.05. The smallest absolute Gasteiger partial charge is 0.258 e. The number of carbonyl (C=O) groups excluding carboxylic acids is 1. The molecular weight excluding hydrogens is 354 g/mol. The molecular formula is C19H16F2N4O2. The largest absolute Gasteiger partial charge is 0.378 e. The summed E-state index contributed by atoms with van der Waals surface area (Å²) in [5.74, 6) is -1.49. The zero-order valence-corrected chi connectivity index (χ0v) is 14.3. The minimum Gasteiger partial charge on any atom is -0.378 e. The number of aromatic nitrogens is 2. The van der Waals surface area contributed by atoms with Crippen molar-refractivity contribution >= 4 is 28.3 Å². The lowest BCUT2D eigenvalue weighted by atomic mass is 10.1. The Morgan fingerprint density at radius 1 is 1.07 bits per heavy atom. The van der Waals surface area contributed by atoms with Crippen LogP contribution in [0, 0.1) is 11.6 Å². The van der Waals surface area contributed by atoms with Crippen molar-refractivity contribution in [3.8, 4) is 0 Å². The first-order chi connectivity index (χ1) is 13.1. The second-order valence-electron chi connectivity index (χ2n) is 6.11. The standard InChI is InChI=1S/C19H16F2N4O2/c20-12-1-3-14(16(21)9-12)19(26)24-13-2-4-15-17(10-13)22-11-23-18(15)25-5-7-27-8-6-25/h1-4,9-11H,5-8H2,(H,24,26). The van der Waals surface area contributed by atoms with Crippen LogP contribution in [0.25, 0.3) is 10.9 Å². The van der Waals surface area contributed by atoms with Crippen LogP contribution in [0.5, 0.6) is 0 Å². The molecule has 27 heavy (non-hydrogen) atoms. The molecule has 1 amide bonds. The van der Waals surface area contributed by atoms with Crippen molar-refractivity contribution in [2.75, 3.05) is 36.5 Å². The third-order valence-corrected chi connectivity index (χ3v) is 4.36. The van der Waals surface area contributed by atoms with Gasteiger partial charge in [-0.15, -0.1) is 0 Å². The third-order valence-electron chi connectivity index (χ3n) is 4.36. The summed E-state index contributed by atoms with van der Waals surface area (Å²) >= 11 is 0. The molecule has 0 radical (unpaired) electrons. The Bertz CT molecular complexity index is 1010. The van der Waals surface area contributed by atoms with E-state index in [1.807, 2.05) is 6.07 Å². The van der Waals surface area contributed by atoms with Crippen LogP contribution in [0.15, 0.2) is 42.7 Å². The summed E-state index contributed by atoms with van der Waals surface area (Å²) in [6, 6.07) is 8.04. The molecule has 0 spiro atoms. The average molecular weight is 370 g/mol. The lowest BCUT2D eigenvalue weighted by molar-refractivity contribution is 0.102. The molecule has 2 heterocycles. The van der Waals surface area contributed by atoms with Crippen molar-refractivity contribution < 1.29 is 18.3 Å². The monoisotopic (exact) mass is 370 g/mol. The van der Waals surface area contributed by atoms with Crippen LogP contribution in [-0.2, 0) is 4.74 Å². The Morgan fingerprint density at radius 3 is 2.67 bits per heavy atom. The summed E-state index contributed by atoms with van der Waals surface area (Å²) in [4.78, 5) is 23.0. The Labute approximate surface area is 153 Å². The van der Waals surface area contributed by atoms with E-state index in [2.05, 4.69) is 20.2 Å². The highest BCUT2D eigenvalue weighted by atomic mass is 19.1. The summed E-state index contributed by atoms with van der Waals surface area (Å²) in [5.41, 5.74) is 0.889. The normalized spacial score (nSPS) is 14.4. The van der Waals surface area contributed by atoms with Crippen molar-refractivity contribution in [1.82, 2.24) is 9.97 Å². The van der Waals surface area contributed by atoms with Gasteiger partial charge in [-0.1, -0.05) is 0 Å². The van der Waals surface area contributed by atoms with Crippen LogP contribution in [0.1, 0.15) is 10.4 Å². The zero-order chi connectivity index (χ0) is 18.8. The van der Waals surface area contributed by atoms with Gasteiger partial charge in [-0.3, -0.25) is 4.79 Å². The van der Waals surface area contributed by atoms with Gasteiger partial charge in [-0.25, -0.2) is 18.7 Å². The fourth-order valence-electron chi connectivity index (χ4n) is 3.02. The third kappa shape index (κ3) is 3.56. The van der Waals surface area contributed by atoms with E-state index in [1.54, 1.807) is 12.1 Å². The Balaban J connectivity index is 1.61. The Kier molecular flexibility index (Phi) is 4.64. The minimum atomic E-state index is -0.912. The number of rotatable bonds is 3. The molecule has 138 valence electrons. The first-order valence-corrected chi connectivity index (χ1v) is 8.46. The summed E-state index contributed by atoms with van der Waals surface area (Å²) in [5, 5.41) is 3.47. The van der Waals surface area contributed by atoms with Gasteiger partial charge in [0.25, 0.3) is 5.91 Å². The molecule has 0 aliphatic carbocycles. The van der Waals surface area contributed by atoms with Gasteiger partial charge in [0.2, 0.25) is 0 Å². The first kappa shape index (κ1) is 17.3. The van der Waals surface area contributed by atoms with E-state index in [9.17, 15) is 13.6 Å². The quantitative estimate of drug-likeness (QED) is 0.768. The molecule has 1 aromatic heterocycles. The van der Waals surface area contributed by atoms with Gasteiger partial charge in [-0.2, -0.15) is 0 Å². The van der Waals surface area contributed by atoms with Crippen LogP contribution < -0.4 is 10.2 Å². The van der Waals surface area contributed by atoms with E-state index in [0.717, 1.165) is 36.4 Å². The lowest BCUT2D eigenvalue weighted by Crippen LogP contribution is -2.36. The number of anilines is 2. The number of amides is 1. The summed E-state index contributed by atoms with van der Waals surface area (Å²) < 4.78 is 32.2. The summed E-state index contributed by atoms with van der Waals surface area (Å²) in [6.45, 7) is 2.77. The van der Waals surface area contributed by atoms with E-state index in [0.29, 0.717) is 30.5 Å². The molecule has 1 fully saturated rings. The zero-order valence-electron chi connectivity index (χ0n) is 14.3. The van der Waals surface area contributed by atoms with Gasteiger partial charge in [0.15, 0.2) is 0 Å². The topological polar surface area (TPSA) is 67.4 Å². The number of morpholine rings is 1. The fraction of sp³-hybridized carbons (Fsp3) is 0.211. The predicted molar refractivity (Wildman–Crippen MR) is 96.9 cm³/mol. The molecule has 8 heteroatoms. The number of nitrogens with zero attached hydrogens (tertiary/aromatic N) is 3. The van der Waals surface area contributed by atoms with Crippen molar-refractivity contribution in [2.24, 2.45) is 0 Å². The highest BCUT2D eigenvalue weighted by Crippen LogP contribution is 2.26. The molecule has 4 rings (SSSR count). The molecule has 0 saturated carbocycles. The van der Waals surface area contributed by atoms with E-state index >= 15 is 0 Å². The maximum atomic E-state index is 13.8. The van der Waals surface area contributed by atoms with Crippen molar-refractivity contribution in [3.63, 3.8) is 0 Å². The second kappa shape index (κ2) is 7.24. The van der Waals surface area contributed by atoms with Crippen molar-refractivity contribution in [1.29, 1.82) is 0 Å². The van der Waals surface area contributed by atoms with Crippen LogP contribution in [0.3, 0.4) is 0 Å². The molecule has 0 unspecified atom stereocenters. The second-order valence-corrected chi connectivity index (χ2v) is 6.11. The van der Waals surface area contributed by atoms with Gasteiger partial charge in [-0.05, 0) is 30.3 Å². The van der Waals surface area contributed by atoms with Crippen LogP contribution in [0.2, 0.25) is 0 Å². The summed E-state index contributed by atoms with van der Waals surface area (Å²) in [7, 11) is 0. The maximum Gasteiger partial charge on any atom is 0.258 e. The Morgan fingerprint density at radius 2 is 1.89 bits per heavy atom. The molecule has 1 saturated heterocycles. The first-order valence-electron chi connectivity index (χ1n) is 8.46. The van der Waals surface area contributed by atoms with Crippen molar-refractivity contribution in [2.45, 2.75) is 0 Å². The lowest BCUT2D eigenvalue weighted by Gasteiger charge is -2.28. The van der Waals surface area contributed by atoms with Gasteiger partial charge >= 0.3 is 0 Å². The van der Waals surface area contributed by atoms with E-state index in [4.69, 9.17) is 4.74 Å². The van der Waals surface area contributed by atoms with Crippen molar-refractivity contribution in [3.05, 3.63) is 59.9 Å². The molecule has 2 aromatic carbocycles. The number of ether oxygens (including phenoxy) is 1. The van der Waals surface area contributed by atoms with Crippen LogP contribution in [0.4, 0.5) is 20.3 Å².